The molecule has 0 radical (unpaired) electrons. The quantitative estimate of drug-likeness (QED) is 0.510. The van der Waals surface area contributed by atoms with Crippen LogP contribution in [-0.4, -0.2) is 67.2 Å². The lowest BCUT2D eigenvalue weighted by Crippen LogP contribution is -2.60. The van der Waals surface area contributed by atoms with Crippen molar-refractivity contribution in [2.75, 3.05) is 6.61 Å². The Hall–Kier alpha value is -2.37. The van der Waals surface area contributed by atoms with Gasteiger partial charge < -0.3 is 23.7 Å². The number of carbonyl (C=O) groups is 3. The summed E-state index contributed by atoms with van der Waals surface area (Å²) in [5.74, 6) is -3.89. The second kappa shape index (κ2) is 7.48. The Bertz CT molecular complexity index is 620. The Labute approximate surface area is 145 Å². The Morgan fingerprint density at radius 1 is 1.04 bits per heavy atom. The number of aliphatic imine (C=N–C) groups is 1. The summed E-state index contributed by atoms with van der Waals surface area (Å²) in [5, 5.41) is 0. The van der Waals surface area contributed by atoms with E-state index < -0.39 is 67.2 Å². The lowest BCUT2D eigenvalue weighted by molar-refractivity contribution is -0.251. The molecular weight excluding hydrogens is 367 g/mol. The number of hydrogen-bond donors (Lipinski definition) is 0. The molecule has 2 aliphatic heterocycles. The second-order valence-electron chi connectivity index (χ2n) is 5.53. The lowest BCUT2D eigenvalue weighted by atomic mass is 9.97. The van der Waals surface area contributed by atoms with Crippen molar-refractivity contribution >= 4 is 23.8 Å². The molecule has 0 aromatic heterocycles. The first kappa shape index (κ1) is 19.9. The highest BCUT2D eigenvalue weighted by Gasteiger charge is 2.57. The molecule has 12 heteroatoms. The standard InChI is InChI=1S/C14H16F3NO8/c1-5(19)22-4-8-10(23-6(2)20)11(24-7(3)21)9-12(25-8)26-13(18-9)14(15,16)17/h8-12H,4H2,1-3H3/t8-,9-,10+,11-,12+/m1/s1. The van der Waals surface area contributed by atoms with Gasteiger partial charge in [0.1, 0.15) is 12.7 Å². The van der Waals surface area contributed by atoms with Crippen LogP contribution in [0.1, 0.15) is 20.8 Å². The molecule has 2 aliphatic rings. The number of alkyl halides is 3. The van der Waals surface area contributed by atoms with Gasteiger partial charge in [-0.15, -0.1) is 0 Å². The first-order valence-electron chi connectivity index (χ1n) is 7.44. The third-order valence-electron chi connectivity index (χ3n) is 3.41. The molecule has 9 nitrogen and oxygen atoms in total. The van der Waals surface area contributed by atoms with Crippen LogP contribution in [0.5, 0.6) is 0 Å². The molecule has 2 rings (SSSR count). The zero-order chi connectivity index (χ0) is 19.6. The molecule has 26 heavy (non-hydrogen) atoms. The zero-order valence-electron chi connectivity index (χ0n) is 13.9. The first-order valence-corrected chi connectivity index (χ1v) is 7.44. The summed E-state index contributed by atoms with van der Waals surface area (Å²) in [6, 6.07) is -1.41. The van der Waals surface area contributed by atoms with Crippen molar-refractivity contribution in [3.05, 3.63) is 0 Å². The maximum atomic E-state index is 12.9. The molecular formula is C14H16F3NO8. The van der Waals surface area contributed by atoms with E-state index in [1.54, 1.807) is 0 Å². The summed E-state index contributed by atoms with van der Waals surface area (Å²) in [7, 11) is 0. The summed E-state index contributed by atoms with van der Waals surface area (Å²) < 4.78 is 63.5. The number of fused-ring (bicyclic) bond motifs is 1. The Balaban J connectivity index is 2.34. The zero-order valence-corrected chi connectivity index (χ0v) is 13.9. The van der Waals surface area contributed by atoms with Crippen molar-refractivity contribution in [3.63, 3.8) is 0 Å². The van der Waals surface area contributed by atoms with Gasteiger partial charge in [-0.1, -0.05) is 0 Å². The molecule has 0 saturated carbocycles. The van der Waals surface area contributed by atoms with Crippen LogP contribution >= 0.6 is 0 Å². The Morgan fingerprint density at radius 3 is 2.12 bits per heavy atom. The summed E-state index contributed by atoms with van der Waals surface area (Å²) in [4.78, 5) is 37.1. The Morgan fingerprint density at radius 2 is 1.62 bits per heavy atom. The highest BCUT2D eigenvalue weighted by molar-refractivity contribution is 5.83. The van der Waals surface area contributed by atoms with E-state index in [9.17, 15) is 27.6 Å². The van der Waals surface area contributed by atoms with Crippen molar-refractivity contribution in [2.24, 2.45) is 4.99 Å². The van der Waals surface area contributed by atoms with Crippen LogP contribution in [0.25, 0.3) is 0 Å². The average molecular weight is 383 g/mol. The smallest absolute Gasteiger partial charge is 0.463 e. The minimum absolute atomic E-state index is 0.459. The molecule has 2 heterocycles. The van der Waals surface area contributed by atoms with Crippen LogP contribution in [-0.2, 0) is 38.1 Å². The van der Waals surface area contributed by atoms with Crippen LogP contribution in [0, 0.1) is 0 Å². The van der Waals surface area contributed by atoms with E-state index in [0.29, 0.717) is 0 Å². The topological polar surface area (TPSA) is 110 Å². The Kier molecular flexibility index (Phi) is 5.74. The van der Waals surface area contributed by atoms with Crippen LogP contribution in [0.4, 0.5) is 13.2 Å². The third kappa shape index (κ3) is 4.62. The van der Waals surface area contributed by atoms with E-state index in [1.165, 1.54) is 0 Å². The predicted octanol–water partition coefficient (Wildman–Crippen LogP) is 0.497. The summed E-state index contributed by atoms with van der Waals surface area (Å²) in [5.41, 5.74) is 0. The molecule has 1 saturated heterocycles. The van der Waals surface area contributed by atoms with Gasteiger partial charge in [-0.2, -0.15) is 13.2 Å². The molecule has 0 bridgehead atoms. The molecule has 0 N–H and O–H groups in total. The second-order valence-corrected chi connectivity index (χ2v) is 5.53. The van der Waals surface area contributed by atoms with E-state index in [4.69, 9.17) is 18.9 Å². The van der Waals surface area contributed by atoms with Gasteiger partial charge in [0.15, 0.2) is 18.2 Å². The van der Waals surface area contributed by atoms with Gasteiger partial charge in [0.05, 0.1) is 0 Å². The predicted molar refractivity (Wildman–Crippen MR) is 74.8 cm³/mol. The SMILES string of the molecule is CC(=O)OC[C@H]1O[C@H]2OC(C(F)(F)F)=N[C@@H]2[C@@H](OC(C)=O)[C@H]1OC(C)=O. The molecule has 5 atom stereocenters. The van der Waals surface area contributed by atoms with Crippen molar-refractivity contribution in [1.82, 2.24) is 0 Å². The van der Waals surface area contributed by atoms with E-state index in [0.717, 1.165) is 20.8 Å². The van der Waals surface area contributed by atoms with Gasteiger partial charge in [-0.3, -0.25) is 14.4 Å². The minimum atomic E-state index is -4.89. The van der Waals surface area contributed by atoms with Gasteiger partial charge in [-0.05, 0) is 0 Å². The lowest BCUT2D eigenvalue weighted by Gasteiger charge is -2.40. The molecule has 0 aromatic rings. The summed E-state index contributed by atoms with van der Waals surface area (Å²) in [6.45, 7) is 2.72. The van der Waals surface area contributed by atoms with Crippen molar-refractivity contribution < 1.29 is 51.2 Å². The molecule has 0 aromatic carbocycles. The molecule has 0 spiro atoms. The minimum Gasteiger partial charge on any atom is -0.463 e. The highest BCUT2D eigenvalue weighted by Crippen LogP contribution is 2.35. The van der Waals surface area contributed by atoms with Gasteiger partial charge in [0.25, 0.3) is 5.90 Å². The van der Waals surface area contributed by atoms with Crippen molar-refractivity contribution in [3.8, 4) is 0 Å². The number of rotatable bonds is 4. The van der Waals surface area contributed by atoms with E-state index >= 15 is 0 Å². The number of esters is 3. The maximum absolute atomic E-state index is 12.9. The molecule has 0 unspecified atom stereocenters. The molecule has 146 valence electrons. The average Bonchev–Trinajstić information content (AvgIpc) is 2.90. The highest BCUT2D eigenvalue weighted by atomic mass is 19.4. The molecule has 0 aliphatic carbocycles. The summed E-state index contributed by atoms with van der Waals surface area (Å²) in [6.07, 6.45) is -10.4. The number of ether oxygens (including phenoxy) is 5. The monoisotopic (exact) mass is 383 g/mol. The van der Waals surface area contributed by atoms with Crippen LogP contribution in [0.15, 0.2) is 4.99 Å². The van der Waals surface area contributed by atoms with Crippen LogP contribution < -0.4 is 0 Å². The third-order valence-corrected chi connectivity index (χ3v) is 3.41. The van der Waals surface area contributed by atoms with Gasteiger partial charge in [0.2, 0.25) is 6.29 Å². The van der Waals surface area contributed by atoms with E-state index in [-0.39, 0.29) is 0 Å². The van der Waals surface area contributed by atoms with Gasteiger partial charge in [0, 0.05) is 20.8 Å². The van der Waals surface area contributed by atoms with Gasteiger partial charge >= 0.3 is 24.1 Å². The largest absolute Gasteiger partial charge is 0.468 e. The van der Waals surface area contributed by atoms with Crippen molar-refractivity contribution in [2.45, 2.75) is 57.6 Å². The normalized spacial score (nSPS) is 30.5. The summed E-state index contributed by atoms with van der Waals surface area (Å²) >= 11 is 0. The van der Waals surface area contributed by atoms with Crippen molar-refractivity contribution in [1.29, 1.82) is 0 Å². The first-order chi connectivity index (χ1) is 12.0. The maximum Gasteiger partial charge on any atom is 0.468 e. The fourth-order valence-corrected chi connectivity index (χ4v) is 2.54. The molecule has 0 amide bonds. The number of nitrogens with zero attached hydrogens (tertiary/aromatic N) is 1. The molecule has 1 fully saturated rings. The van der Waals surface area contributed by atoms with Crippen LogP contribution in [0.3, 0.4) is 0 Å². The van der Waals surface area contributed by atoms with E-state index in [2.05, 4.69) is 9.73 Å². The number of carbonyl (C=O) groups excluding carboxylic acids is 3. The van der Waals surface area contributed by atoms with E-state index in [1.807, 2.05) is 0 Å². The fraction of sp³-hybridized carbons (Fsp3) is 0.714. The fourth-order valence-electron chi connectivity index (χ4n) is 2.54. The van der Waals surface area contributed by atoms with Crippen LogP contribution in [0.2, 0.25) is 0 Å². The number of halogens is 3. The van der Waals surface area contributed by atoms with Gasteiger partial charge in [-0.25, -0.2) is 4.99 Å². The number of hydrogen-bond acceptors (Lipinski definition) is 9.